The van der Waals surface area contributed by atoms with E-state index in [9.17, 15) is 0 Å². The molecule has 0 fully saturated rings. The molecule has 10 aromatic heterocycles. The van der Waals surface area contributed by atoms with Crippen LogP contribution in [0.3, 0.4) is 0 Å². The van der Waals surface area contributed by atoms with Gasteiger partial charge in [-0.1, -0.05) is 291 Å². The quantitative estimate of drug-likeness (QED) is 0.109. The van der Waals surface area contributed by atoms with Crippen molar-refractivity contribution in [2.75, 3.05) is 0 Å². The number of hydrogen-bond acceptors (Lipinski definition) is 8. The summed E-state index contributed by atoms with van der Waals surface area (Å²) < 4.78 is 4.83. The van der Waals surface area contributed by atoms with Crippen LogP contribution in [0.15, 0.2) is 437 Å². The average Bonchev–Trinajstić information content (AvgIpc) is 1.53. The van der Waals surface area contributed by atoms with E-state index in [0.29, 0.717) is 0 Å². The van der Waals surface area contributed by atoms with Crippen LogP contribution < -0.4 is 0 Å². The fourth-order valence-electron chi connectivity index (χ4n) is 19.6. The molecule has 0 saturated heterocycles. The lowest BCUT2D eigenvalue weighted by molar-refractivity contribution is 1.18. The van der Waals surface area contributed by atoms with Crippen LogP contribution in [-0.2, 0) is 0 Å². The number of fused-ring (bicyclic) bond motifs is 21. The predicted octanol–water partition coefficient (Wildman–Crippen LogP) is 30.3. The highest BCUT2D eigenvalue weighted by molar-refractivity contribution is 6.22. The van der Waals surface area contributed by atoms with Gasteiger partial charge in [-0.05, 0) is 182 Å². The highest BCUT2D eigenvalue weighted by Crippen LogP contribution is 2.47. The van der Waals surface area contributed by atoms with Crippen molar-refractivity contribution in [2.45, 2.75) is 0 Å². The Kier molecular flexibility index (Phi) is 17.4. The largest absolute Gasteiger partial charge is 0.309 e. The fraction of sp³-hybridized carbons (Fsp3) is 0. The van der Waals surface area contributed by atoms with Gasteiger partial charge in [0, 0.05) is 129 Å². The Balaban J connectivity index is 0.000000104. The molecule has 0 radical (unpaired) electrons. The van der Waals surface area contributed by atoms with E-state index < -0.39 is 0 Å². The second-order valence-corrected chi connectivity index (χ2v) is 32.8. The van der Waals surface area contributed by atoms with Gasteiger partial charge in [0.15, 0.2) is 0 Å². The molecule has 0 spiro atoms. The van der Waals surface area contributed by atoms with Crippen molar-refractivity contribution in [1.29, 1.82) is 0 Å². The minimum absolute atomic E-state index is 0.921. The second kappa shape index (κ2) is 30.3. The standard InChI is InChI=1S/C41H25N3.C40H24N4.C37H23N3/c1-2-10-33-32(9-1)31(27-15-13-26(14-16-27)29-18-22-37-30(25-29)8-6-23-42-37)20-21-34(33)39-35-11-3-4-12-38(35)44-41-36(39)19-17-28-7-5-24-43-40(28)41;1-5-15-33-30(14-1)40(31-21-19-25-10-9-23-41-38(25)39(31)42-33)44-36-18-8-4-13-29(36)32-24-26(20-22-37(32)44)43-34-16-6-2-11-27(34)28-12-3-7-17-35(28)43;1-2-8-34-31(7-1)35(32-19-17-28-5-3-22-39-36(28)37(32)40-34)27-15-13-25(14-16-27)24-9-11-26(12-10-24)29-18-20-33-30(23-29)6-4-21-38-33/h1-25H;1-24H;1-23H. The first-order valence-corrected chi connectivity index (χ1v) is 43.2. The van der Waals surface area contributed by atoms with E-state index in [2.05, 4.69) is 394 Å². The zero-order valence-electron chi connectivity index (χ0n) is 69.0. The smallest absolute Gasteiger partial charge is 0.0993 e. The molecule has 0 atom stereocenters. The van der Waals surface area contributed by atoms with Gasteiger partial charge in [0.25, 0.3) is 0 Å². The van der Waals surface area contributed by atoms with Gasteiger partial charge in [-0.2, -0.15) is 0 Å². The van der Waals surface area contributed by atoms with E-state index in [1.807, 2.05) is 67.4 Å². The van der Waals surface area contributed by atoms with Crippen LogP contribution in [0, 0.1) is 0 Å². The lowest BCUT2D eigenvalue weighted by Gasteiger charge is -2.16. The van der Waals surface area contributed by atoms with Crippen LogP contribution in [0.2, 0.25) is 0 Å². The molecular formula is C118H72N10. The summed E-state index contributed by atoms with van der Waals surface area (Å²) in [6.07, 6.45) is 9.22. The number of para-hydroxylation sites is 6. The molecule has 0 bridgehead atoms. The number of rotatable bonds is 8. The van der Waals surface area contributed by atoms with Crippen molar-refractivity contribution in [3.8, 4) is 78.1 Å². The monoisotopic (exact) mass is 1630 g/mol. The maximum Gasteiger partial charge on any atom is 0.0993 e. The Morgan fingerprint density at radius 1 is 0.164 bits per heavy atom. The van der Waals surface area contributed by atoms with Crippen LogP contribution >= 0.6 is 0 Å². The first-order valence-electron chi connectivity index (χ1n) is 43.2. The van der Waals surface area contributed by atoms with Gasteiger partial charge in [-0.3, -0.25) is 24.9 Å². The van der Waals surface area contributed by atoms with Gasteiger partial charge in [0.1, 0.15) is 0 Å². The Hall–Kier alpha value is -17.3. The fourth-order valence-corrected chi connectivity index (χ4v) is 19.6. The van der Waals surface area contributed by atoms with Crippen molar-refractivity contribution in [3.63, 3.8) is 0 Å². The number of benzene rings is 17. The van der Waals surface area contributed by atoms with Crippen LogP contribution in [0.5, 0.6) is 0 Å². The minimum atomic E-state index is 0.921. The third-order valence-electron chi connectivity index (χ3n) is 25.6. The number of hydrogen-bond donors (Lipinski definition) is 0. The molecule has 594 valence electrons. The average molecular weight is 1630 g/mol. The molecule has 128 heavy (non-hydrogen) atoms. The minimum Gasteiger partial charge on any atom is -0.309 e. The van der Waals surface area contributed by atoms with E-state index >= 15 is 0 Å². The van der Waals surface area contributed by atoms with Gasteiger partial charge in [-0.15, -0.1) is 0 Å². The Labute approximate surface area is 734 Å². The van der Waals surface area contributed by atoms with E-state index in [-0.39, 0.29) is 0 Å². The highest BCUT2D eigenvalue weighted by atomic mass is 15.0. The third-order valence-corrected chi connectivity index (χ3v) is 25.6. The summed E-state index contributed by atoms with van der Waals surface area (Å²) in [6, 6.07) is 145. The SMILES string of the molecule is c1cnc2c(c1)ccc1c(-n3c4ccccc4c4cc(-n5c6ccccc6c6ccccc65)ccc43)c3ccccc3nc12.c1cnc2ccc(-c3ccc(-c4ccc(-c5c6ccccc6nc6c5ccc5cccnc56)c5ccccc45)cc3)cc2c1.c1cnc2ccc(-c3ccc(-c4ccc(-c5c6ccccc6nc6c5ccc5cccnc56)cc4)cc3)cc2c1. The predicted molar refractivity (Wildman–Crippen MR) is 533 cm³/mol. The van der Waals surface area contributed by atoms with Gasteiger partial charge < -0.3 is 9.13 Å². The molecule has 27 aromatic rings. The molecule has 0 aliphatic heterocycles. The normalized spacial score (nSPS) is 11.8. The molecule has 0 N–H and O–H groups in total. The zero-order valence-corrected chi connectivity index (χ0v) is 69.0. The molecule has 0 unspecified atom stereocenters. The first-order chi connectivity index (χ1) is 63.5. The Morgan fingerprint density at radius 2 is 0.516 bits per heavy atom. The van der Waals surface area contributed by atoms with Gasteiger partial charge in [-0.25, -0.2) is 15.0 Å². The molecule has 0 aliphatic rings. The molecule has 0 amide bonds. The lowest BCUT2D eigenvalue weighted by atomic mass is 9.88. The zero-order chi connectivity index (χ0) is 84.3. The van der Waals surface area contributed by atoms with E-state index in [1.54, 1.807) is 0 Å². The summed E-state index contributed by atoms with van der Waals surface area (Å²) in [6.45, 7) is 0. The molecule has 0 aliphatic carbocycles. The molecular weight excluding hydrogens is 1560 g/mol. The van der Waals surface area contributed by atoms with Gasteiger partial charge in [0.05, 0.1) is 88.4 Å². The van der Waals surface area contributed by atoms with Crippen LogP contribution in [0.4, 0.5) is 0 Å². The number of pyridine rings is 8. The van der Waals surface area contributed by atoms with E-state index in [1.165, 1.54) is 116 Å². The summed E-state index contributed by atoms with van der Waals surface area (Å²) >= 11 is 0. The van der Waals surface area contributed by atoms with Crippen molar-refractivity contribution in [3.05, 3.63) is 437 Å². The summed E-state index contributed by atoms with van der Waals surface area (Å²) in [7, 11) is 0. The molecule has 17 aromatic carbocycles. The van der Waals surface area contributed by atoms with Crippen molar-refractivity contribution >= 4 is 174 Å². The highest BCUT2D eigenvalue weighted by Gasteiger charge is 2.24. The first kappa shape index (κ1) is 73.4. The topological polar surface area (TPSA) is 113 Å². The van der Waals surface area contributed by atoms with Crippen LogP contribution in [0.25, 0.3) is 252 Å². The Morgan fingerprint density at radius 3 is 1.03 bits per heavy atom. The molecule has 10 heteroatoms. The number of nitrogens with zero attached hydrogens (tertiary/aromatic N) is 10. The van der Waals surface area contributed by atoms with Crippen LogP contribution in [0.1, 0.15) is 0 Å². The summed E-state index contributed by atoms with van der Waals surface area (Å²) in [5.41, 5.74) is 31.9. The Bertz CT molecular complexity index is 9170. The molecule has 10 nitrogen and oxygen atoms in total. The third kappa shape index (κ3) is 12.3. The molecule has 10 heterocycles. The second-order valence-electron chi connectivity index (χ2n) is 32.8. The maximum absolute atomic E-state index is 5.16. The van der Waals surface area contributed by atoms with Gasteiger partial charge >= 0.3 is 0 Å². The number of aromatic nitrogens is 10. The van der Waals surface area contributed by atoms with Crippen molar-refractivity contribution < 1.29 is 0 Å². The molecule has 0 saturated carbocycles. The van der Waals surface area contributed by atoms with E-state index in [4.69, 9.17) is 24.9 Å². The van der Waals surface area contributed by atoms with Crippen molar-refractivity contribution in [2.24, 2.45) is 0 Å². The summed E-state index contributed by atoms with van der Waals surface area (Å²) in [5, 5.41) is 19.7. The lowest BCUT2D eigenvalue weighted by Crippen LogP contribution is -2.00. The summed E-state index contributed by atoms with van der Waals surface area (Å²) in [5.74, 6) is 0. The summed E-state index contributed by atoms with van der Waals surface area (Å²) in [4.78, 5) is 38.4. The maximum atomic E-state index is 5.16. The van der Waals surface area contributed by atoms with Crippen LogP contribution in [-0.4, -0.2) is 49.0 Å². The van der Waals surface area contributed by atoms with E-state index in [0.717, 1.165) is 137 Å². The molecule has 27 rings (SSSR count). The van der Waals surface area contributed by atoms with Crippen molar-refractivity contribution in [1.82, 2.24) is 49.0 Å². The van der Waals surface area contributed by atoms with Gasteiger partial charge in [0.2, 0.25) is 0 Å².